The average Bonchev–Trinajstić information content (AvgIpc) is 3.42. The minimum atomic E-state index is 0.0477. The molecule has 1 saturated heterocycles. The number of hydrogen-bond acceptors (Lipinski definition) is 7. The summed E-state index contributed by atoms with van der Waals surface area (Å²) in [4.78, 5) is 22.1. The predicted octanol–water partition coefficient (Wildman–Crippen LogP) is 4.40. The van der Waals surface area contributed by atoms with Crippen molar-refractivity contribution in [3.8, 4) is 27.7 Å². The quantitative estimate of drug-likeness (QED) is 0.461. The van der Waals surface area contributed by atoms with Gasteiger partial charge in [0.1, 0.15) is 22.1 Å². The summed E-state index contributed by atoms with van der Waals surface area (Å²) < 4.78 is 10.8. The highest BCUT2D eigenvalue weighted by atomic mass is 32.1. The summed E-state index contributed by atoms with van der Waals surface area (Å²) in [5, 5.41) is 7.91. The van der Waals surface area contributed by atoms with E-state index < -0.39 is 0 Å². The summed E-state index contributed by atoms with van der Waals surface area (Å²) in [5.74, 6) is 0.854. The second-order valence-electron chi connectivity index (χ2n) is 7.96. The van der Waals surface area contributed by atoms with Gasteiger partial charge in [-0.3, -0.25) is 4.79 Å². The summed E-state index contributed by atoms with van der Waals surface area (Å²) in [6.45, 7) is 3.41. The molecule has 1 amide bonds. The first kappa shape index (κ1) is 20.7. The summed E-state index contributed by atoms with van der Waals surface area (Å²) in [6.07, 6.45) is 0.982. The fourth-order valence-electron chi connectivity index (χ4n) is 3.94. The van der Waals surface area contributed by atoms with Gasteiger partial charge in [-0.1, -0.05) is 5.16 Å². The molecular formula is C24H24N4O3S. The molecule has 0 unspecified atom stereocenters. The van der Waals surface area contributed by atoms with Crippen LogP contribution in [0.25, 0.3) is 32.9 Å². The van der Waals surface area contributed by atoms with Gasteiger partial charge in [0.25, 0.3) is 5.91 Å². The van der Waals surface area contributed by atoms with Gasteiger partial charge in [0.2, 0.25) is 0 Å². The van der Waals surface area contributed by atoms with Crippen LogP contribution in [0.2, 0.25) is 0 Å². The van der Waals surface area contributed by atoms with Crippen LogP contribution in [0.5, 0.6) is 5.75 Å². The van der Waals surface area contributed by atoms with Gasteiger partial charge in [-0.15, -0.1) is 11.3 Å². The van der Waals surface area contributed by atoms with E-state index in [1.54, 1.807) is 18.4 Å². The molecule has 0 spiro atoms. The molecule has 3 heterocycles. The number of methoxy groups -OCH3 is 1. The second-order valence-corrected chi connectivity index (χ2v) is 8.82. The lowest BCUT2D eigenvalue weighted by molar-refractivity contribution is 0.0763. The monoisotopic (exact) mass is 448 g/mol. The smallest absolute Gasteiger partial charge is 0.253 e. The molecule has 0 aliphatic carbocycles. The van der Waals surface area contributed by atoms with Crippen LogP contribution in [-0.2, 0) is 0 Å². The molecule has 8 heteroatoms. The Hall–Kier alpha value is -3.23. The molecule has 5 rings (SSSR count). The van der Waals surface area contributed by atoms with E-state index in [9.17, 15) is 4.79 Å². The summed E-state index contributed by atoms with van der Waals surface area (Å²) >= 11 is 1.55. The number of rotatable bonds is 4. The number of likely N-dealkylation sites (N-methyl/N-ethyl adjacent to an activating group) is 1. The molecule has 4 aromatic rings. The van der Waals surface area contributed by atoms with Crippen molar-refractivity contribution in [3.05, 3.63) is 53.4 Å². The van der Waals surface area contributed by atoms with Crippen molar-refractivity contribution in [1.82, 2.24) is 19.9 Å². The first-order valence-corrected chi connectivity index (χ1v) is 11.5. The Labute approximate surface area is 190 Å². The van der Waals surface area contributed by atoms with Crippen molar-refractivity contribution in [1.29, 1.82) is 0 Å². The van der Waals surface area contributed by atoms with E-state index in [2.05, 4.69) is 17.1 Å². The first-order valence-electron chi connectivity index (χ1n) is 10.6. The Kier molecular flexibility index (Phi) is 5.63. The molecule has 2 aromatic heterocycles. The number of carbonyl (C=O) groups is 1. The van der Waals surface area contributed by atoms with Crippen molar-refractivity contribution in [2.75, 3.05) is 40.3 Å². The third-order valence-corrected chi connectivity index (χ3v) is 6.70. The van der Waals surface area contributed by atoms with Gasteiger partial charge in [0.05, 0.1) is 12.5 Å². The molecule has 0 atom stereocenters. The molecular weight excluding hydrogens is 424 g/mol. The zero-order valence-corrected chi connectivity index (χ0v) is 18.9. The zero-order valence-electron chi connectivity index (χ0n) is 18.1. The van der Waals surface area contributed by atoms with Crippen molar-refractivity contribution in [3.63, 3.8) is 0 Å². The van der Waals surface area contributed by atoms with Gasteiger partial charge < -0.3 is 19.1 Å². The van der Waals surface area contributed by atoms with E-state index in [1.807, 2.05) is 52.7 Å². The highest BCUT2D eigenvalue weighted by molar-refractivity contribution is 7.13. The lowest BCUT2D eigenvalue weighted by Crippen LogP contribution is -2.34. The molecule has 1 fully saturated rings. The number of carbonyl (C=O) groups excluding carboxylic acids is 1. The molecule has 164 valence electrons. The van der Waals surface area contributed by atoms with Gasteiger partial charge in [-0.05, 0) is 62.5 Å². The summed E-state index contributed by atoms with van der Waals surface area (Å²) in [7, 11) is 3.74. The average molecular weight is 449 g/mol. The van der Waals surface area contributed by atoms with Crippen LogP contribution in [-0.4, -0.2) is 66.2 Å². The van der Waals surface area contributed by atoms with Crippen molar-refractivity contribution < 1.29 is 14.1 Å². The molecule has 7 nitrogen and oxygen atoms in total. The van der Waals surface area contributed by atoms with Crippen LogP contribution >= 0.6 is 11.3 Å². The van der Waals surface area contributed by atoms with Crippen LogP contribution in [0, 0.1) is 0 Å². The van der Waals surface area contributed by atoms with E-state index in [1.165, 1.54) is 0 Å². The van der Waals surface area contributed by atoms with Gasteiger partial charge in [0.15, 0.2) is 5.58 Å². The van der Waals surface area contributed by atoms with Crippen LogP contribution < -0.4 is 4.74 Å². The summed E-state index contributed by atoms with van der Waals surface area (Å²) in [5.41, 5.74) is 3.70. The predicted molar refractivity (Wildman–Crippen MR) is 125 cm³/mol. The molecule has 1 aliphatic heterocycles. The molecule has 0 bridgehead atoms. The maximum atomic E-state index is 13.1. The Balaban J connectivity index is 1.44. The number of thiazole rings is 1. The SMILES string of the molecule is COc1ccc(-c2nc(-c3noc4ccc(C(=O)N5CCCN(C)CC5)cc34)cs2)cc1. The minimum Gasteiger partial charge on any atom is -0.497 e. The normalized spacial score (nSPS) is 15.1. The fraction of sp³-hybridized carbons (Fsp3) is 0.292. The Morgan fingerprint density at radius 1 is 1.09 bits per heavy atom. The number of fused-ring (bicyclic) bond motifs is 1. The molecule has 1 aliphatic rings. The number of nitrogens with zero attached hydrogens (tertiary/aromatic N) is 4. The minimum absolute atomic E-state index is 0.0477. The number of amides is 1. The van der Waals surface area contributed by atoms with E-state index >= 15 is 0 Å². The van der Waals surface area contributed by atoms with Gasteiger partial charge >= 0.3 is 0 Å². The number of ether oxygens (including phenoxy) is 1. The maximum absolute atomic E-state index is 13.1. The Bertz CT molecular complexity index is 1250. The van der Waals surface area contributed by atoms with Crippen LogP contribution in [0.1, 0.15) is 16.8 Å². The highest BCUT2D eigenvalue weighted by Gasteiger charge is 2.21. The fourth-order valence-corrected chi connectivity index (χ4v) is 4.75. The topological polar surface area (TPSA) is 71.7 Å². The van der Waals surface area contributed by atoms with E-state index in [0.29, 0.717) is 16.8 Å². The maximum Gasteiger partial charge on any atom is 0.253 e. The second kappa shape index (κ2) is 8.72. The standard InChI is InChI=1S/C24H24N4O3S/c1-27-10-3-11-28(13-12-27)24(29)17-6-9-21-19(14-17)22(26-31-21)20-15-32-23(25-20)16-4-7-18(30-2)8-5-16/h4-9,14-15H,3,10-13H2,1-2H3. The van der Waals surface area contributed by atoms with Gasteiger partial charge in [0, 0.05) is 36.1 Å². The van der Waals surface area contributed by atoms with Crippen molar-refractivity contribution in [2.45, 2.75) is 6.42 Å². The van der Waals surface area contributed by atoms with Gasteiger partial charge in [-0.25, -0.2) is 4.98 Å². The molecule has 2 aromatic carbocycles. The number of hydrogen-bond donors (Lipinski definition) is 0. The van der Waals surface area contributed by atoms with Crippen LogP contribution in [0.15, 0.2) is 52.4 Å². The molecule has 0 radical (unpaired) electrons. The first-order chi connectivity index (χ1) is 15.6. The van der Waals surface area contributed by atoms with E-state index in [-0.39, 0.29) is 5.91 Å². The zero-order chi connectivity index (χ0) is 22.1. The third-order valence-electron chi connectivity index (χ3n) is 5.81. The van der Waals surface area contributed by atoms with E-state index in [0.717, 1.165) is 60.0 Å². The number of benzene rings is 2. The largest absolute Gasteiger partial charge is 0.497 e. The Morgan fingerprint density at radius 3 is 2.75 bits per heavy atom. The third kappa shape index (κ3) is 3.99. The lowest BCUT2D eigenvalue weighted by atomic mass is 10.1. The molecule has 0 N–H and O–H groups in total. The van der Waals surface area contributed by atoms with Crippen molar-refractivity contribution >= 4 is 28.2 Å². The molecule has 0 saturated carbocycles. The van der Waals surface area contributed by atoms with E-state index in [4.69, 9.17) is 14.2 Å². The summed E-state index contributed by atoms with van der Waals surface area (Å²) in [6, 6.07) is 13.3. The van der Waals surface area contributed by atoms with Crippen molar-refractivity contribution in [2.24, 2.45) is 0 Å². The van der Waals surface area contributed by atoms with Crippen LogP contribution in [0.3, 0.4) is 0 Å². The Morgan fingerprint density at radius 2 is 1.94 bits per heavy atom. The molecule has 32 heavy (non-hydrogen) atoms. The van der Waals surface area contributed by atoms with Crippen LogP contribution in [0.4, 0.5) is 0 Å². The highest BCUT2D eigenvalue weighted by Crippen LogP contribution is 2.33. The van der Waals surface area contributed by atoms with Gasteiger partial charge in [-0.2, -0.15) is 0 Å². The lowest BCUT2D eigenvalue weighted by Gasteiger charge is -2.20. The number of aromatic nitrogens is 2.